The molecule has 0 saturated carbocycles. The van der Waals surface area contributed by atoms with Crippen LogP contribution in [-0.4, -0.2) is 50.2 Å². The highest BCUT2D eigenvalue weighted by molar-refractivity contribution is 7.98. The summed E-state index contributed by atoms with van der Waals surface area (Å²) in [6.45, 7) is 0.721. The van der Waals surface area contributed by atoms with Crippen molar-refractivity contribution in [3.8, 4) is 0 Å². The number of hydrogen-bond donors (Lipinski definition) is 1. The van der Waals surface area contributed by atoms with Gasteiger partial charge in [0.1, 0.15) is 5.82 Å². The average Bonchev–Trinajstić information content (AvgIpc) is 3.09. The highest BCUT2D eigenvalue weighted by Crippen LogP contribution is 2.27. The molecule has 0 radical (unpaired) electrons. The molecule has 1 fully saturated rings. The summed E-state index contributed by atoms with van der Waals surface area (Å²) in [7, 11) is 3.78. The first-order chi connectivity index (χ1) is 13.9. The summed E-state index contributed by atoms with van der Waals surface area (Å²) in [5.74, 6) is -0.885. The quantitative estimate of drug-likeness (QED) is 0.705. The van der Waals surface area contributed by atoms with Crippen LogP contribution in [0.2, 0.25) is 0 Å². The van der Waals surface area contributed by atoms with E-state index in [4.69, 9.17) is 0 Å². The van der Waals surface area contributed by atoms with Gasteiger partial charge in [-0.05, 0) is 62.3 Å². The molecule has 0 aromatic heterocycles. The van der Waals surface area contributed by atoms with Gasteiger partial charge in [-0.1, -0.05) is 12.1 Å². The molecule has 1 N–H and O–H groups in total. The van der Waals surface area contributed by atoms with Crippen molar-refractivity contribution in [1.82, 2.24) is 10.2 Å². The number of anilines is 1. The first-order valence-corrected chi connectivity index (χ1v) is 10.8. The zero-order valence-corrected chi connectivity index (χ0v) is 17.7. The van der Waals surface area contributed by atoms with E-state index < -0.39 is 5.92 Å². The fraction of sp³-hybridized carbons (Fsp3) is 0.364. The minimum Gasteiger partial charge on any atom is -0.354 e. The number of rotatable bonds is 7. The average molecular weight is 416 g/mol. The van der Waals surface area contributed by atoms with Gasteiger partial charge >= 0.3 is 0 Å². The number of hydrogen-bond acceptors (Lipinski definition) is 4. The maximum atomic E-state index is 13.6. The lowest BCUT2D eigenvalue weighted by atomic mass is 10.0. The molecule has 0 bridgehead atoms. The summed E-state index contributed by atoms with van der Waals surface area (Å²) in [6, 6.07) is 14.0. The third-order valence-corrected chi connectivity index (χ3v) is 5.95. The van der Waals surface area contributed by atoms with Gasteiger partial charge in [0.05, 0.1) is 12.0 Å². The highest BCUT2D eigenvalue weighted by Gasteiger charge is 2.35. The Balaban J connectivity index is 1.62. The third kappa shape index (κ3) is 5.16. The first kappa shape index (κ1) is 21.3. The van der Waals surface area contributed by atoms with Gasteiger partial charge in [-0.25, -0.2) is 4.39 Å². The number of benzene rings is 2. The second-order valence-corrected chi connectivity index (χ2v) is 8.26. The number of carbonyl (C=O) groups excluding carboxylic acids is 2. The minimum absolute atomic E-state index is 0.0451. The molecule has 2 aromatic rings. The van der Waals surface area contributed by atoms with Crippen LogP contribution in [0, 0.1) is 11.7 Å². The Morgan fingerprint density at radius 1 is 1.28 bits per heavy atom. The second kappa shape index (κ2) is 9.41. The molecule has 2 amide bonds. The van der Waals surface area contributed by atoms with Crippen molar-refractivity contribution in [3.63, 3.8) is 0 Å². The van der Waals surface area contributed by atoms with Gasteiger partial charge in [-0.2, -0.15) is 0 Å². The highest BCUT2D eigenvalue weighted by atomic mass is 32.2. The first-order valence-electron chi connectivity index (χ1n) is 9.53. The van der Waals surface area contributed by atoms with E-state index in [0.29, 0.717) is 13.1 Å². The second-order valence-electron chi connectivity index (χ2n) is 7.38. The number of nitrogens with zero attached hydrogens (tertiary/aromatic N) is 2. The van der Waals surface area contributed by atoms with Crippen LogP contribution in [0.25, 0.3) is 0 Å². The maximum Gasteiger partial charge on any atom is 0.227 e. The monoisotopic (exact) mass is 415 g/mol. The summed E-state index contributed by atoms with van der Waals surface area (Å²) in [5.41, 5.74) is 1.61. The van der Waals surface area contributed by atoms with Crippen LogP contribution in [0.15, 0.2) is 53.4 Å². The molecule has 1 heterocycles. The molecule has 3 rings (SSSR count). The summed E-state index contributed by atoms with van der Waals surface area (Å²) in [5, 5.41) is 2.95. The number of nitrogens with one attached hydrogen (secondary N) is 1. The lowest BCUT2D eigenvalue weighted by molar-refractivity contribution is -0.126. The van der Waals surface area contributed by atoms with Crippen molar-refractivity contribution >= 4 is 29.3 Å². The van der Waals surface area contributed by atoms with Crippen molar-refractivity contribution in [1.29, 1.82) is 0 Å². The molecule has 1 aliphatic rings. The van der Waals surface area contributed by atoms with Gasteiger partial charge in [0.15, 0.2) is 0 Å². The molecule has 154 valence electrons. The van der Waals surface area contributed by atoms with Gasteiger partial charge in [0.25, 0.3) is 0 Å². The van der Waals surface area contributed by atoms with Crippen molar-refractivity contribution in [2.75, 3.05) is 38.3 Å². The summed E-state index contributed by atoms with van der Waals surface area (Å²) in [6.07, 6.45) is 2.20. The molecule has 2 atom stereocenters. The number of amides is 2. The molecular formula is C22H26FN3O2S. The van der Waals surface area contributed by atoms with Gasteiger partial charge < -0.3 is 15.1 Å². The molecule has 0 aliphatic carbocycles. The Labute approximate surface area is 175 Å². The molecule has 5 nitrogen and oxygen atoms in total. The van der Waals surface area contributed by atoms with Crippen molar-refractivity contribution in [2.24, 2.45) is 5.92 Å². The van der Waals surface area contributed by atoms with Gasteiger partial charge in [0.2, 0.25) is 11.8 Å². The molecule has 2 aromatic carbocycles. The van der Waals surface area contributed by atoms with E-state index >= 15 is 0 Å². The summed E-state index contributed by atoms with van der Waals surface area (Å²) in [4.78, 5) is 29.9. The molecule has 7 heteroatoms. The van der Waals surface area contributed by atoms with Crippen LogP contribution < -0.4 is 10.2 Å². The Kier molecular flexibility index (Phi) is 6.92. The SMILES string of the molecule is CSc1ccc(N2C[C@H](C(=O)NC[C@@H](c3cccc(F)c3)N(C)C)CC2=O)cc1. The fourth-order valence-electron chi connectivity index (χ4n) is 3.55. The summed E-state index contributed by atoms with van der Waals surface area (Å²) >= 11 is 1.64. The van der Waals surface area contributed by atoms with Crippen LogP contribution >= 0.6 is 11.8 Å². The predicted molar refractivity (Wildman–Crippen MR) is 115 cm³/mol. The van der Waals surface area contributed by atoms with E-state index in [1.165, 1.54) is 12.1 Å². The number of halogens is 1. The Bertz CT molecular complexity index is 873. The lowest BCUT2D eigenvalue weighted by Gasteiger charge is -2.25. The van der Waals surface area contributed by atoms with Crippen molar-refractivity contribution in [2.45, 2.75) is 17.4 Å². The summed E-state index contributed by atoms with van der Waals surface area (Å²) < 4.78 is 13.6. The number of carbonyl (C=O) groups is 2. The smallest absolute Gasteiger partial charge is 0.227 e. The van der Waals surface area contributed by atoms with E-state index in [2.05, 4.69) is 5.32 Å². The van der Waals surface area contributed by atoms with E-state index in [-0.39, 0.29) is 30.1 Å². The normalized spacial score (nSPS) is 17.6. The van der Waals surface area contributed by atoms with Crippen LogP contribution in [0.5, 0.6) is 0 Å². The van der Waals surface area contributed by atoms with E-state index in [0.717, 1.165) is 16.1 Å². The van der Waals surface area contributed by atoms with Gasteiger partial charge in [-0.3, -0.25) is 9.59 Å². The predicted octanol–water partition coefficient (Wildman–Crippen LogP) is 3.32. The minimum atomic E-state index is -0.391. The third-order valence-electron chi connectivity index (χ3n) is 5.21. The fourth-order valence-corrected chi connectivity index (χ4v) is 3.96. The van der Waals surface area contributed by atoms with Crippen molar-refractivity contribution < 1.29 is 14.0 Å². The van der Waals surface area contributed by atoms with Gasteiger partial charge in [-0.15, -0.1) is 11.8 Å². The van der Waals surface area contributed by atoms with E-state index in [1.807, 2.05) is 55.6 Å². The zero-order valence-electron chi connectivity index (χ0n) is 16.9. The van der Waals surface area contributed by atoms with Crippen LogP contribution in [0.1, 0.15) is 18.0 Å². The molecule has 1 aliphatic heterocycles. The van der Waals surface area contributed by atoms with E-state index in [1.54, 1.807) is 22.7 Å². The topological polar surface area (TPSA) is 52.7 Å². The lowest BCUT2D eigenvalue weighted by Crippen LogP contribution is -2.38. The Morgan fingerprint density at radius 3 is 2.62 bits per heavy atom. The Hall–Kier alpha value is -2.38. The van der Waals surface area contributed by atoms with Crippen LogP contribution in [0.4, 0.5) is 10.1 Å². The molecule has 29 heavy (non-hydrogen) atoms. The zero-order chi connectivity index (χ0) is 21.0. The molecular weight excluding hydrogens is 389 g/mol. The van der Waals surface area contributed by atoms with Gasteiger partial charge in [0, 0.05) is 30.1 Å². The van der Waals surface area contributed by atoms with Crippen LogP contribution in [0.3, 0.4) is 0 Å². The van der Waals surface area contributed by atoms with Crippen molar-refractivity contribution in [3.05, 3.63) is 59.9 Å². The van der Waals surface area contributed by atoms with Crippen LogP contribution in [-0.2, 0) is 9.59 Å². The maximum absolute atomic E-state index is 13.6. The Morgan fingerprint density at radius 2 is 2.00 bits per heavy atom. The number of thioether (sulfide) groups is 1. The standard InChI is InChI=1S/C22H26FN3O2S/c1-25(2)20(15-5-4-6-17(23)11-15)13-24-22(28)16-12-21(27)26(14-16)18-7-9-19(29-3)10-8-18/h4-11,16,20H,12-14H2,1-3H3,(H,24,28)/t16-,20+/m1/s1. The van der Waals surface area contributed by atoms with E-state index in [9.17, 15) is 14.0 Å². The molecule has 0 spiro atoms. The molecule has 0 unspecified atom stereocenters. The number of likely N-dealkylation sites (N-methyl/N-ethyl adjacent to an activating group) is 1. The largest absolute Gasteiger partial charge is 0.354 e. The molecule has 1 saturated heterocycles.